The van der Waals surface area contributed by atoms with Crippen molar-refractivity contribution in [3.8, 4) is 46.0 Å². The molecule has 218 valence electrons. The molecule has 42 heavy (non-hydrogen) atoms. The molecule has 1 unspecified atom stereocenters. The predicted molar refractivity (Wildman–Crippen MR) is 148 cm³/mol. The van der Waals surface area contributed by atoms with Crippen LogP contribution in [0, 0.1) is 0 Å². The average Bonchev–Trinajstić information content (AvgIpc) is 3.30. The van der Waals surface area contributed by atoms with Gasteiger partial charge in [-0.15, -0.1) is 0 Å². The minimum Gasteiger partial charge on any atom is -0.496 e. The van der Waals surface area contributed by atoms with Crippen LogP contribution in [-0.4, -0.2) is 53.3 Å². The lowest BCUT2D eigenvalue weighted by Gasteiger charge is -2.27. The lowest BCUT2D eigenvalue weighted by Crippen LogP contribution is -2.21. The number of ketones is 1. The molecular formula is C31H28O11. The van der Waals surface area contributed by atoms with E-state index in [1.165, 1.54) is 42.5 Å². The summed E-state index contributed by atoms with van der Waals surface area (Å²) in [7, 11) is 7.36. The van der Waals surface area contributed by atoms with Gasteiger partial charge in [0.05, 0.1) is 47.5 Å². The van der Waals surface area contributed by atoms with E-state index in [0.29, 0.717) is 39.5 Å². The number of carbonyl (C=O) groups is 3. The zero-order chi connectivity index (χ0) is 30.1. The van der Waals surface area contributed by atoms with Gasteiger partial charge in [0, 0.05) is 30.0 Å². The van der Waals surface area contributed by atoms with Crippen LogP contribution < -0.4 is 37.9 Å². The Kier molecular flexibility index (Phi) is 7.66. The molecule has 11 nitrogen and oxygen atoms in total. The van der Waals surface area contributed by atoms with Gasteiger partial charge >= 0.3 is 11.9 Å². The van der Waals surface area contributed by atoms with E-state index in [9.17, 15) is 14.4 Å². The number of fused-ring (bicyclic) bond motifs is 3. The van der Waals surface area contributed by atoms with Gasteiger partial charge in [-0.3, -0.25) is 14.4 Å². The zero-order valence-corrected chi connectivity index (χ0v) is 23.8. The average molecular weight is 577 g/mol. The highest BCUT2D eigenvalue weighted by molar-refractivity contribution is 6.15. The Balaban J connectivity index is 1.62. The van der Waals surface area contributed by atoms with Crippen molar-refractivity contribution in [2.24, 2.45) is 0 Å². The van der Waals surface area contributed by atoms with Gasteiger partial charge in [0.1, 0.15) is 17.2 Å². The molecule has 0 fully saturated rings. The largest absolute Gasteiger partial charge is 0.496 e. The first-order chi connectivity index (χ1) is 20.2. The monoisotopic (exact) mass is 576 g/mol. The summed E-state index contributed by atoms with van der Waals surface area (Å²) in [6.07, 6.45) is 1.50. The molecule has 0 aliphatic carbocycles. The van der Waals surface area contributed by atoms with Gasteiger partial charge in [0.15, 0.2) is 28.8 Å². The summed E-state index contributed by atoms with van der Waals surface area (Å²) in [5.41, 5.74) is 1.94. The molecule has 0 spiro atoms. The van der Waals surface area contributed by atoms with E-state index in [2.05, 4.69) is 0 Å². The Hall–Kier alpha value is -5.19. The molecule has 11 heteroatoms. The van der Waals surface area contributed by atoms with Crippen molar-refractivity contribution in [1.29, 1.82) is 0 Å². The van der Waals surface area contributed by atoms with Crippen molar-refractivity contribution >= 4 is 23.8 Å². The highest BCUT2D eigenvalue weighted by Crippen LogP contribution is 2.51. The summed E-state index contributed by atoms with van der Waals surface area (Å²) in [6, 6.07) is 9.75. The van der Waals surface area contributed by atoms with Crippen LogP contribution in [0.25, 0.3) is 6.08 Å². The fourth-order valence-electron chi connectivity index (χ4n) is 5.04. The third-order valence-electron chi connectivity index (χ3n) is 6.93. The fraction of sp³-hybridized carbons (Fsp3) is 0.258. The van der Waals surface area contributed by atoms with Gasteiger partial charge in [-0.25, -0.2) is 0 Å². The van der Waals surface area contributed by atoms with E-state index < -0.39 is 17.9 Å². The number of benzene rings is 3. The van der Waals surface area contributed by atoms with Crippen LogP contribution >= 0.6 is 0 Å². The number of hydrogen-bond acceptors (Lipinski definition) is 11. The van der Waals surface area contributed by atoms with Gasteiger partial charge in [0.25, 0.3) is 0 Å². The second-order valence-electron chi connectivity index (χ2n) is 9.32. The minimum absolute atomic E-state index is 0.0416. The summed E-state index contributed by atoms with van der Waals surface area (Å²) in [5, 5.41) is 0. The molecule has 2 aliphatic heterocycles. The SMILES string of the molecule is COc1cc(OC)c(OC)cc1/C=C1\Oc2c(ccc3c2C(c2cc(OC)c(OC(C)=O)c(OC)c2)CC(=O)O3)C1=O. The number of methoxy groups -OCH3 is 5. The molecular weight excluding hydrogens is 548 g/mol. The Labute approximate surface area is 241 Å². The highest BCUT2D eigenvalue weighted by Gasteiger charge is 2.39. The molecule has 0 N–H and O–H groups in total. The van der Waals surface area contributed by atoms with Gasteiger partial charge in [-0.1, -0.05) is 0 Å². The second-order valence-corrected chi connectivity index (χ2v) is 9.32. The van der Waals surface area contributed by atoms with Crippen LogP contribution in [-0.2, 0) is 9.59 Å². The van der Waals surface area contributed by atoms with Gasteiger partial charge in [0.2, 0.25) is 11.5 Å². The molecule has 2 heterocycles. The summed E-state index contributed by atoms with van der Waals surface area (Å²) in [4.78, 5) is 37.9. The van der Waals surface area contributed by atoms with Gasteiger partial charge in [-0.2, -0.15) is 0 Å². The van der Waals surface area contributed by atoms with Gasteiger partial charge in [-0.05, 0) is 42.0 Å². The maximum atomic E-state index is 13.5. The van der Waals surface area contributed by atoms with E-state index in [0.717, 1.165) is 0 Å². The molecule has 0 bridgehead atoms. The number of rotatable bonds is 8. The topological polar surface area (TPSA) is 125 Å². The van der Waals surface area contributed by atoms with Crippen molar-refractivity contribution in [3.63, 3.8) is 0 Å². The number of allylic oxidation sites excluding steroid dienone is 1. The molecule has 5 rings (SSSR count). The number of hydrogen-bond donors (Lipinski definition) is 0. The van der Waals surface area contributed by atoms with Crippen molar-refractivity contribution in [2.45, 2.75) is 19.3 Å². The molecule has 0 radical (unpaired) electrons. The smallest absolute Gasteiger partial charge is 0.312 e. The van der Waals surface area contributed by atoms with Crippen molar-refractivity contribution in [2.75, 3.05) is 35.5 Å². The van der Waals surface area contributed by atoms with E-state index in [1.807, 2.05) is 0 Å². The molecule has 0 saturated heterocycles. The summed E-state index contributed by atoms with van der Waals surface area (Å²) >= 11 is 0. The Bertz CT molecular complexity index is 1610. The summed E-state index contributed by atoms with van der Waals surface area (Å²) in [5.74, 6) is 0.482. The Morgan fingerprint density at radius 3 is 2.02 bits per heavy atom. The van der Waals surface area contributed by atoms with Crippen LogP contribution in [0.1, 0.15) is 46.3 Å². The fourth-order valence-corrected chi connectivity index (χ4v) is 5.04. The molecule has 3 aromatic carbocycles. The normalized spacial score (nSPS) is 16.1. The predicted octanol–water partition coefficient (Wildman–Crippen LogP) is 4.71. The zero-order valence-electron chi connectivity index (χ0n) is 23.8. The maximum Gasteiger partial charge on any atom is 0.312 e. The quantitative estimate of drug-likeness (QED) is 0.210. The molecule has 3 aromatic rings. The third kappa shape index (κ3) is 4.93. The first-order valence-electron chi connectivity index (χ1n) is 12.8. The minimum atomic E-state index is -0.604. The lowest BCUT2D eigenvalue weighted by molar-refractivity contribution is -0.135. The van der Waals surface area contributed by atoms with Crippen molar-refractivity contribution in [1.82, 2.24) is 0 Å². The number of ether oxygens (including phenoxy) is 8. The summed E-state index contributed by atoms with van der Waals surface area (Å²) < 4.78 is 44.3. The first kappa shape index (κ1) is 28.3. The third-order valence-corrected chi connectivity index (χ3v) is 6.93. The second kappa shape index (κ2) is 11.4. The van der Waals surface area contributed by atoms with E-state index >= 15 is 0 Å². The van der Waals surface area contributed by atoms with E-state index in [4.69, 9.17) is 37.9 Å². The van der Waals surface area contributed by atoms with Crippen LogP contribution in [0.15, 0.2) is 42.2 Å². The van der Waals surface area contributed by atoms with Crippen LogP contribution in [0.2, 0.25) is 0 Å². The number of Topliss-reactive ketones (excluding diaryl/α,β-unsaturated/α-hetero) is 1. The first-order valence-corrected chi connectivity index (χ1v) is 12.8. The maximum absolute atomic E-state index is 13.5. The molecule has 0 aromatic heterocycles. The summed E-state index contributed by atoms with van der Waals surface area (Å²) in [6.45, 7) is 1.26. The van der Waals surface area contributed by atoms with E-state index in [-0.39, 0.29) is 46.7 Å². The molecule has 0 saturated carbocycles. The lowest BCUT2D eigenvalue weighted by atomic mass is 9.84. The van der Waals surface area contributed by atoms with Crippen molar-refractivity contribution < 1.29 is 52.3 Å². The van der Waals surface area contributed by atoms with E-state index in [1.54, 1.807) is 42.5 Å². The molecule has 0 amide bonds. The molecule has 2 aliphatic rings. The van der Waals surface area contributed by atoms with Crippen LogP contribution in [0.3, 0.4) is 0 Å². The highest BCUT2D eigenvalue weighted by atomic mass is 16.6. The van der Waals surface area contributed by atoms with Crippen molar-refractivity contribution in [3.05, 3.63) is 64.4 Å². The molecule has 1 atom stereocenters. The number of esters is 2. The van der Waals surface area contributed by atoms with Crippen LogP contribution in [0.4, 0.5) is 0 Å². The standard InChI is InChI=1S/C31H28O11/c1-15(32)40-31-25(38-5)9-16(10-26(31)39-6)19-13-27(33)41-20-8-7-18-29(34)24(42-30(18)28(19)20)12-17-11-22(36-3)23(37-4)14-21(17)35-2/h7-12,14,19H,13H2,1-6H3/b24-12-. The Morgan fingerprint density at radius 2 is 1.43 bits per heavy atom. The number of carbonyl (C=O) groups excluding carboxylic acids is 3. The Morgan fingerprint density at radius 1 is 0.810 bits per heavy atom. The van der Waals surface area contributed by atoms with Crippen LogP contribution in [0.5, 0.6) is 46.0 Å². The van der Waals surface area contributed by atoms with Gasteiger partial charge < -0.3 is 37.9 Å².